The van der Waals surface area contributed by atoms with Gasteiger partial charge in [0, 0.05) is 13.2 Å². The van der Waals surface area contributed by atoms with Gasteiger partial charge in [0.05, 0.1) is 5.92 Å². The first-order chi connectivity index (χ1) is 7.75. The van der Waals surface area contributed by atoms with Crippen LogP contribution in [-0.4, -0.2) is 24.3 Å². The molecule has 1 N–H and O–H groups in total. The number of benzene rings is 1. The van der Waals surface area contributed by atoms with E-state index in [9.17, 15) is 4.79 Å². The molecule has 0 aromatic heterocycles. The molecule has 3 heteroatoms. The zero-order valence-corrected chi connectivity index (χ0v) is 9.56. The predicted molar refractivity (Wildman–Crippen MR) is 62.5 cm³/mol. The van der Waals surface area contributed by atoms with E-state index in [1.165, 1.54) is 0 Å². The van der Waals surface area contributed by atoms with Gasteiger partial charge in [-0.25, -0.2) is 0 Å². The number of hydrogen-bond donors (Lipinski definition) is 1. The monoisotopic (exact) mass is 222 g/mol. The molecule has 0 radical (unpaired) electrons. The normalized spacial score (nSPS) is 12.3. The fourth-order valence-corrected chi connectivity index (χ4v) is 1.57. The highest BCUT2D eigenvalue weighted by Gasteiger charge is 2.18. The Balaban J connectivity index is 2.52. The minimum Gasteiger partial charge on any atom is -0.481 e. The Labute approximate surface area is 96.1 Å². The molecule has 1 aromatic rings. The van der Waals surface area contributed by atoms with E-state index in [0.717, 1.165) is 12.0 Å². The maximum Gasteiger partial charge on any atom is 0.311 e. The fraction of sp³-hybridized carbons (Fsp3) is 0.462. The van der Waals surface area contributed by atoms with Gasteiger partial charge in [-0.1, -0.05) is 37.3 Å². The van der Waals surface area contributed by atoms with Crippen molar-refractivity contribution >= 4 is 5.97 Å². The summed E-state index contributed by atoms with van der Waals surface area (Å²) in [4.78, 5) is 11.1. The Morgan fingerprint density at radius 2 is 2.00 bits per heavy atom. The fourth-order valence-electron chi connectivity index (χ4n) is 1.57. The molecule has 0 aliphatic rings. The highest BCUT2D eigenvalue weighted by molar-refractivity contribution is 5.75. The van der Waals surface area contributed by atoms with Crippen LogP contribution >= 0.6 is 0 Å². The number of ether oxygens (including phenoxy) is 1. The van der Waals surface area contributed by atoms with Crippen molar-refractivity contribution in [3.8, 4) is 0 Å². The van der Waals surface area contributed by atoms with Gasteiger partial charge in [0.2, 0.25) is 0 Å². The molecule has 0 spiro atoms. The summed E-state index contributed by atoms with van der Waals surface area (Å²) in [6, 6.07) is 9.30. The number of aliphatic carboxylic acids is 1. The molecule has 0 aliphatic heterocycles. The summed E-state index contributed by atoms with van der Waals surface area (Å²) in [7, 11) is 0. The first kappa shape index (κ1) is 12.7. The molecule has 16 heavy (non-hydrogen) atoms. The third-order valence-corrected chi connectivity index (χ3v) is 2.40. The smallest absolute Gasteiger partial charge is 0.311 e. The Kier molecular flexibility index (Phi) is 5.57. The number of carboxylic acids is 1. The van der Waals surface area contributed by atoms with Crippen molar-refractivity contribution in [3.63, 3.8) is 0 Å². The molecule has 0 bridgehead atoms. The van der Waals surface area contributed by atoms with Gasteiger partial charge in [-0.05, 0) is 18.4 Å². The van der Waals surface area contributed by atoms with Gasteiger partial charge in [-0.2, -0.15) is 0 Å². The van der Waals surface area contributed by atoms with Crippen LogP contribution in [0, 0.1) is 0 Å². The van der Waals surface area contributed by atoms with Gasteiger partial charge in [0.25, 0.3) is 0 Å². The van der Waals surface area contributed by atoms with Crippen LogP contribution in [0.1, 0.15) is 31.2 Å². The van der Waals surface area contributed by atoms with E-state index in [1.807, 2.05) is 37.3 Å². The summed E-state index contributed by atoms with van der Waals surface area (Å²) in [6.45, 7) is 3.23. The lowest BCUT2D eigenvalue weighted by Crippen LogP contribution is -2.14. The van der Waals surface area contributed by atoms with E-state index in [1.54, 1.807) is 0 Å². The van der Waals surface area contributed by atoms with Crippen molar-refractivity contribution in [3.05, 3.63) is 35.9 Å². The van der Waals surface area contributed by atoms with Crippen LogP contribution in [-0.2, 0) is 9.53 Å². The first-order valence-electron chi connectivity index (χ1n) is 5.61. The first-order valence-corrected chi connectivity index (χ1v) is 5.61. The van der Waals surface area contributed by atoms with E-state index in [-0.39, 0.29) is 0 Å². The van der Waals surface area contributed by atoms with Crippen molar-refractivity contribution in [1.29, 1.82) is 0 Å². The molecule has 1 aromatic carbocycles. The summed E-state index contributed by atoms with van der Waals surface area (Å²) in [5, 5.41) is 9.13. The quantitative estimate of drug-likeness (QED) is 0.721. The Hall–Kier alpha value is -1.35. The summed E-state index contributed by atoms with van der Waals surface area (Å²) in [6.07, 6.45) is 1.49. The molecule has 88 valence electrons. The molecule has 0 heterocycles. The van der Waals surface area contributed by atoms with E-state index in [4.69, 9.17) is 9.84 Å². The number of carboxylic acid groups (broad SMARTS) is 1. The van der Waals surface area contributed by atoms with Crippen molar-refractivity contribution in [2.75, 3.05) is 13.2 Å². The minimum atomic E-state index is -0.786. The van der Waals surface area contributed by atoms with E-state index in [2.05, 4.69) is 0 Å². The maximum atomic E-state index is 11.1. The second kappa shape index (κ2) is 7.01. The van der Waals surface area contributed by atoms with Crippen molar-refractivity contribution in [2.24, 2.45) is 0 Å². The molecular weight excluding hydrogens is 204 g/mol. The maximum absolute atomic E-state index is 11.1. The lowest BCUT2D eigenvalue weighted by atomic mass is 9.96. The lowest BCUT2D eigenvalue weighted by Gasteiger charge is -2.12. The van der Waals surface area contributed by atoms with Crippen LogP contribution in [0.3, 0.4) is 0 Å². The Bertz CT molecular complexity index is 308. The summed E-state index contributed by atoms with van der Waals surface area (Å²) >= 11 is 0. The molecule has 1 atom stereocenters. The summed E-state index contributed by atoms with van der Waals surface area (Å²) in [5.74, 6) is -1.25. The number of rotatable bonds is 7. The van der Waals surface area contributed by atoms with Crippen LogP contribution in [0.15, 0.2) is 30.3 Å². The van der Waals surface area contributed by atoms with Crippen molar-refractivity contribution in [2.45, 2.75) is 25.7 Å². The van der Waals surface area contributed by atoms with Crippen LogP contribution in [0.4, 0.5) is 0 Å². The van der Waals surface area contributed by atoms with Gasteiger partial charge in [0.1, 0.15) is 0 Å². The molecule has 0 saturated heterocycles. The average Bonchev–Trinajstić information content (AvgIpc) is 2.30. The van der Waals surface area contributed by atoms with E-state index >= 15 is 0 Å². The van der Waals surface area contributed by atoms with Crippen LogP contribution < -0.4 is 0 Å². The number of carbonyl (C=O) groups is 1. The molecule has 0 fully saturated rings. The van der Waals surface area contributed by atoms with Crippen molar-refractivity contribution in [1.82, 2.24) is 0 Å². The second-order valence-electron chi connectivity index (χ2n) is 3.70. The topological polar surface area (TPSA) is 46.5 Å². The van der Waals surface area contributed by atoms with Gasteiger partial charge in [-0.3, -0.25) is 4.79 Å². The zero-order valence-electron chi connectivity index (χ0n) is 9.56. The molecular formula is C13H18O3. The van der Waals surface area contributed by atoms with Gasteiger partial charge < -0.3 is 9.84 Å². The average molecular weight is 222 g/mol. The highest BCUT2D eigenvalue weighted by Crippen LogP contribution is 2.19. The third-order valence-electron chi connectivity index (χ3n) is 2.40. The molecule has 0 saturated carbocycles. The van der Waals surface area contributed by atoms with Gasteiger partial charge in [-0.15, -0.1) is 0 Å². The molecule has 3 nitrogen and oxygen atoms in total. The van der Waals surface area contributed by atoms with Gasteiger partial charge in [0.15, 0.2) is 0 Å². The number of hydrogen-bond acceptors (Lipinski definition) is 2. The predicted octanol–water partition coefficient (Wildman–Crippen LogP) is 2.67. The third kappa shape index (κ3) is 4.03. The van der Waals surface area contributed by atoms with Crippen molar-refractivity contribution < 1.29 is 14.6 Å². The zero-order chi connectivity index (χ0) is 11.8. The standard InChI is InChI=1S/C13H18O3/c1-2-9-16-10-8-12(13(14)15)11-6-4-3-5-7-11/h3-7,12H,2,8-10H2,1H3,(H,14,15). The van der Waals surface area contributed by atoms with Gasteiger partial charge >= 0.3 is 5.97 Å². The molecule has 1 rings (SSSR count). The second-order valence-corrected chi connectivity index (χ2v) is 3.70. The van der Waals surface area contributed by atoms with Crippen LogP contribution in [0.2, 0.25) is 0 Å². The molecule has 0 amide bonds. The minimum absolute atomic E-state index is 0.460. The lowest BCUT2D eigenvalue weighted by molar-refractivity contribution is -0.139. The highest BCUT2D eigenvalue weighted by atomic mass is 16.5. The summed E-state index contributed by atoms with van der Waals surface area (Å²) in [5.41, 5.74) is 0.843. The van der Waals surface area contributed by atoms with Crippen LogP contribution in [0.5, 0.6) is 0 Å². The molecule has 1 unspecified atom stereocenters. The largest absolute Gasteiger partial charge is 0.481 e. The van der Waals surface area contributed by atoms with Crippen LogP contribution in [0.25, 0.3) is 0 Å². The Morgan fingerprint density at radius 1 is 1.31 bits per heavy atom. The summed E-state index contributed by atoms with van der Waals surface area (Å²) < 4.78 is 5.32. The van der Waals surface area contributed by atoms with E-state index < -0.39 is 11.9 Å². The van der Waals surface area contributed by atoms with E-state index in [0.29, 0.717) is 19.6 Å². The molecule has 0 aliphatic carbocycles. The SMILES string of the molecule is CCCOCCC(C(=O)O)c1ccccc1. The Morgan fingerprint density at radius 3 is 2.56 bits per heavy atom.